The minimum atomic E-state index is -0.494. The molecule has 1 fully saturated rings. The van der Waals surface area contributed by atoms with E-state index in [1.165, 1.54) is 13.3 Å². The van der Waals surface area contributed by atoms with Gasteiger partial charge in [-0.1, -0.05) is 0 Å². The summed E-state index contributed by atoms with van der Waals surface area (Å²) in [7, 11) is 1.30. The third kappa shape index (κ3) is 2.77. The largest absolute Gasteiger partial charge is 0.464 e. The lowest BCUT2D eigenvalue weighted by Crippen LogP contribution is -2.44. The third-order valence-corrected chi connectivity index (χ3v) is 2.78. The van der Waals surface area contributed by atoms with Crippen LogP contribution in [0.2, 0.25) is 0 Å². The monoisotopic (exact) mass is 249 g/mol. The Morgan fingerprint density at radius 3 is 3.17 bits per heavy atom. The maximum Gasteiger partial charge on any atom is 0.356 e. The molecule has 2 rings (SSSR count). The van der Waals surface area contributed by atoms with Gasteiger partial charge in [0.1, 0.15) is 11.7 Å². The highest BCUT2D eigenvalue weighted by Gasteiger charge is 2.21. The molecule has 1 aromatic rings. The highest BCUT2D eigenvalue weighted by molar-refractivity contribution is 5.89. The Kier molecular flexibility index (Phi) is 3.76. The van der Waals surface area contributed by atoms with E-state index < -0.39 is 5.97 Å². The van der Waals surface area contributed by atoms with Crippen LogP contribution < -0.4 is 10.6 Å². The number of ether oxygens (including phenoxy) is 1. The molecular formula is C12H15N3O3. The summed E-state index contributed by atoms with van der Waals surface area (Å²) in [6.45, 7) is 0.723. The summed E-state index contributed by atoms with van der Waals surface area (Å²) in [6, 6.07) is 3.04. The molecule has 1 unspecified atom stereocenters. The number of anilines is 1. The molecule has 0 radical (unpaired) electrons. The number of nitrogens with one attached hydrogen (secondary N) is 2. The van der Waals surface area contributed by atoms with Crippen molar-refractivity contribution in [2.24, 2.45) is 0 Å². The molecule has 1 aliphatic heterocycles. The second kappa shape index (κ2) is 5.48. The summed E-state index contributed by atoms with van der Waals surface area (Å²) in [5, 5.41) is 5.88. The number of pyridine rings is 1. The summed E-state index contributed by atoms with van der Waals surface area (Å²) < 4.78 is 4.59. The van der Waals surface area contributed by atoms with Gasteiger partial charge in [0.25, 0.3) is 0 Å². The minimum Gasteiger partial charge on any atom is -0.464 e. The number of carbonyl (C=O) groups is 2. The molecule has 0 saturated carbocycles. The Bertz CT molecular complexity index is 462. The average Bonchev–Trinajstić information content (AvgIpc) is 2.41. The van der Waals surface area contributed by atoms with E-state index in [0.717, 1.165) is 19.4 Å². The molecule has 2 N–H and O–H groups in total. The zero-order chi connectivity index (χ0) is 13.0. The van der Waals surface area contributed by atoms with Gasteiger partial charge in [-0.2, -0.15) is 0 Å². The van der Waals surface area contributed by atoms with Crippen molar-refractivity contribution in [3.05, 3.63) is 24.0 Å². The Balaban J connectivity index is 2.09. The second-order valence-electron chi connectivity index (χ2n) is 4.05. The van der Waals surface area contributed by atoms with Crippen LogP contribution >= 0.6 is 0 Å². The number of hydrogen-bond donors (Lipinski definition) is 2. The van der Waals surface area contributed by atoms with Gasteiger partial charge >= 0.3 is 5.97 Å². The van der Waals surface area contributed by atoms with E-state index in [-0.39, 0.29) is 17.6 Å². The highest BCUT2D eigenvalue weighted by Crippen LogP contribution is 2.14. The summed E-state index contributed by atoms with van der Waals surface area (Å²) in [4.78, 5) is 26.8. The number of nitrogens with zero attached hydrogens (tertiary/aromatic N) is 1. The number of rotatable bonds is 3. The molecule has 1 atom stereocenters. The van der Waals surface area contributed by atoms with E-state index in [1.807, 2.05) is 0 Å². The van der Waals surface area contributed by atoms with Crippen LogP contribution in [0.15, 0.2) is 18.3 Å². The van der Waals surface area contributed by atoms with E-state index in [0.29, 0.717) is 5.69 Å². The van der Waals surface area contributed by atoms with Crippen LogP contribution in [0.5, 0.6) is 0 Å². The molecule has 2 heterocycles. The number of amides is 1. The predicted molar refractivity (Wildman–Crippen MR) is 65.2 cm³/mol. The van der Waals surface area contributed by atoms with E-state index >= 15 is 0 Å². The lowest BCUT2D eigenvalue weighted by molar-refractivity contribution is -0.123. The molecule has 0 aliphatic carbocycles. The molecule has 1 amide bonds. The molecule has 0 spiro atoms. The number of hydrogen-bond acceptors (Lipinski definition) is 5. The quantitative estimate of drug-likeness (QED) is 0.765. The molecule has 1 saturated heterocycles. The number of esters is 1. The first-order valence-electron chi connectivity index (χ1n) is 5.79. The first-order chi connectivity index (χ1) is 8.70. The van der Waals surface area contributed by atoms with Gasteiger partial charge in [-0.3, -0.25) is 4.79 Å². The third-order valence-electron chi connectivity index (χ3n) is 2.78. The van der Waals surface area contributed by atoms with E-state index in [9.17, 15) is 9.59 Å². The van der Waals surface area contributed by atoms with Crippen molar-refractivity contribution in [1.29, 1.82) is 0 Å². The van der Waals surface area contributed by atoms with Crippen molar-refractivity contribution in [3.63, 3.8) is 0 Å². The zero-order valence-electron chi connectivity index (χ0n) is 10.1. The lowest BCUT2D eigenvalue weighted by Gasteiger charge is -2.23. The SMILES string of the molecule is COC(=O)c1cc(NC2CCCNC2=O)ccn1. The zero-order valence-corrected chi connectivity index (χ0v) is 10.1. The normalized spacial score (nSPS) is 18.9. The second-order valence-corrected chi connectivity index (χ2v) is 4.05. The lowest BCUT2D eigenvalue weighted by atomic mass is 10.1. The van der Waals surface area contributed by atoms with Gasteiger partial charge in [0.15, 0.2) is 0 Å². The molecule has 1 aromatic heterocycles. The summed E-state index contributed by atoms with van der Waals surface area (Å²) in [5.74, 6) is -0.510. The number of carbonyl (C=O) groups excluding carboxylic acids is 2. The van der Waals surface area contributed by atoms with Crippen molar-refractivity contribution in [2.45, 2.75) is 18.9 Å². The average molecular weight is 249 g/mol. The fraction of sp³-hybridized carbons (Fsp3) is 0.417. The molecule has 96 valence electrons. The first kappa shape index (κ1) is 12.3. The maximum absolute atomic E-state index is 11.6. The molecule has 6 nitrogen and oxygen atoms in total. The smallest absolute Gasteiger partial charge is 0.356 e. The Labute approximate surface area is 105 Å². The van der Waals surface area contributed by atoms with E-state index in [2.05, 4.69) is 20.4 Å². The fourth-order valence-corrected chi connectivity index (χ4v) is 1.85. The molecule has 6 heteroatoms. The van der Waals surface area contributed by atoms with Crippen molar-refractivity contribution >= 4 is 17.6 Å². The summed E-state index contributed by atoms with van der Waals surface area (Å²) in [5.41, 5.74) is 0.908. The van der Waals surface area contributed by atoms with Crippen molar-refractivity contribution in [1.82, 2.24) is 10.3 Å². The Hall–Kier alpha value is -2.11. The number of piperidine rings is 1. The number of methoxy groups -OCH3 is 1. The predicted octanol–water partition coefficient (Wildman–Crippen LogP) is 0.559. The van der Waals surface area contributed by atoms with Crippen LogP contribution in [0, 0.1) is 0 Å². The van der Waals surface area contributed by atoms with Crippen LogP contribution in [0.3, 0.4) is 0 Å². The van der Waals surface area contributed by atoms with E-state index in [4.69, 9.17) is 0 Å². The number of aromatic nitrogens is 1. The minimum absolute atomic E-state index is 0.0160. The van der Waals surface area contributed by atoms with Crippen molar-refractivity contribution in [2.75, 3.05) is 19.0 Å². The van der Waals surface area contributed by atoms with Gasteiger partial charge in [-0.25, -0.2) is 9.78 Å². The highest BCUT2D eigenvalue weighted by atomic mass is 16.5. The van der Waals surface area contributed by atoms with Crippen molar-refractivity contribution < 1.29 is 14.3 Å². The van der Waals surface area contributed by atoms with Gasteiger partial charge in [0, 0.05) is 18.4 Å². The van der Waals surface area contributed by atoms with Crippen molar-refractivity contribution in [3.8, 4) is 0 Å². The Morgan fingerprint density at radius 1 is 1.61 bits per heavy atom. The van der Waals surface area contributed by atoms with Crippen LogP contribution in [0.25, 0.3) is 0 Å². The molecular weight excluding hydrogens is 234 g/mol. The van der Waals surface area contributed by atoms with Gasteiger partial charge in [0.05, 0.1) is 7.11 Å². The fourth-order valence-electron chi connectivity index (χ4n) is 1.85. The van der Waals surface area contributed by atoms with Crippen LogP contribution in [0.4, 0.5) is 5.69 Å². The topological polar surface area (TPSA) is 80.3 Å². The first-order valence-corrected chi connectivity index (χ1v) is 5.79. The van der Waals surface area contributed by atoms with Crippen LogP contribution in [-0.2, 0) is 9.53 Å². The van der Waals surface area contributed by atoms with Crippen LogP contribution in [-0.4, -0.2) is 36.6 Å². The Morgan fingerprint density at radius 2 is 2.44 bits per heavy atom. The molecule has 18 heavy (non-hydrogen) atoms. The van der Waals surface area contributed by atoms with Crippen LogP contribution in [0.1, 0.15) is 23.3 Å². The van der Waals surface area contributed by atoms with Gasteiger partial charge in [-0.15, -0.1) is 0 Å². The summed E-state index contributed by atoms with van der Waals surface area (Å²) >= 11 is 0. The van der Waals surface area contributed by atoms with Gasteiger partial charge < -0.3 is 15.4 Å². The van der Waals surface area contributed by atoms with Gasteiger partial charge in [-0.05, 0) is 25.0 Å². The molecule has 0 aromatic carbocycles. The molecule has 1 aliphatic rings. The van der Waals surface area contributed by atoms with E-state index in [1.54, 1.807) is 12.1 Å². The standard InChI is InChI=1S/C12H15N3O3/c1-18-12(17)10-7-8(4-6-13-10)15-9-3-2-5-14-11(9)16/h4,6-7,9H,2-3,5H2,1H3,(H,13,15)(H,14,16). The maximum atomic E-state index is 11.6. The summed E-state index contributed by atoms with van der Waals surface area (Å²) in [6.07, 6.45) is 3.23. The van der Waals surface area contributed by atoms with Gasteiger partial charge in [0.2, 0.25) is 5.91 Å². The molecule has 0 bridgehead atoms.